The lowest BCUT2D eigenvalue weighted by atomic mass is 10.2. The number of likely N-dealkylation sites (tertiary alicyclic amines) is 1. The molecule has 5 heteroatoms. The Bertz CT molecular complexity index is 498. The van der Waals surface area contributed by atoms with E-state index < -0.39 is 0 Å². The van der Waals surface area contributed by atoms with Crippen molar-refractivity contribution in [1.82, 2.24) is 15.5 Å². The average Bonchev–Trinajstić information content (AvgIpc) is 3.08. The molecule has 1 saturated heterocycles. The lowest BCUT2D eigenvalue weighted by Gasteiger charge is -2.27. The van der Waals surface area contributed by atoms with Gasteiger partial charge in [-0.2, -0.15) is 0 Å². The van der Waals surface area contributed by atoms with E-state index in [1.54, 1.807) is 12.1 Å². The minimum Gasteiger partial charge on any atom is -0.357 e. The fraction of sp³-hybridized carbons (Fsp3) is 0.611. The highest BCUT2D eigenvalue weighted by atomic mass is 19.1. The molecule has 0 radical (unpaired) electrons. The summed E-state index contributed by atoms with van der Waals surface area (Å²) >= 11 is 0. The first-order valence-electron chi connectivity index (χ1n) is 8.74. The first kappa shape index (κ1) is 17.7. The number of aliphatic imine (C=N–C) groups is 1. The molecule has 1 unspecified atom stereocenters. The largest absolute Gasteiger partial charge is 0.357 e. The summed E-state index contributed by atoms with van der Waals surface area (Å²) in [5.41, 5.74) is 0.622. The Morgan fingerprint density at radius 3 is 2.61 bits per heavy atom. The van der Waals surface area contributed by atoms with Crippen molar-refractivity contribution in [3.63, 3.8) is 0 Å². The van der Waals surface area contributed by atoms with Crippen molar-refractivity contribution in [3.8, 4) is 0 Å². The third kappa shape index (κ3) is 5.50. The molecule has 2 rings (SSSR count). The number of benzene rings is 1. The standard InChI is InChI=1S/C18H29FN4/c1-3-16(23-11-7-8-12-23)14-22-18(20-4-2)21-13-15-9-5-6-10-17(15)19/h5-6,9-10,16H,3-4,7-8,11-14H2,1-2H3,(H2,20,21,22). The lowest BCUT2D eigenvalue weighted by Crippen LogP contribution is -2.46. The topological polar surface area (TPSA) is 39.7 Å². The maximum atomic E-state index is 13.7. The van der Waals surface area contributed by atoms with Crippen LogP contribution in [0.25, 0.3) is 0 Å². The van der Waals surface area contributed by atoms with Crippen LogP contribution in [0.4, 0.5) is 4.39 Å². The first-order chi connectivity index (χ1) is 11.2. The monoisotopic (exact) mass is 320 g/mol. The molecule has 1 aliphatic heterocycles. The van der Waals surface area contributed by atoms with E-state index in [4.69, 9.17) is 0 Å². The molecule has 1 aliphatic rings. The van der Waals surface area contributed by atoms with Crippen LogP contribution in [-0.2, 0) is 6.54 Å². The van der Waals surface area contributed by atoms with E-state index in [1.165, 1.54) is 32.0 Å². The SMILES string of the molecule is CCNC(=NCc1ccccc1F)NCC(CC)N1CCCC1. The predicted molar refractivity (Wildman–Crippen MR) is 94.1 cm³/mol. The van der Waals surface area contributed by atoms with Gasteiger partial charge in [-0.3, -0.25) is 4.90 Å². The molecule has 0 saturated carbocycles. The van der Waals surface area contributed by atoms with Crippen LogP contribution in [0.5, 0.6) is 0 Å². The molecule has 1 aromatic rings. The van der Waals surface area contributed by atoms with Crippen molar-refractivity contribution in [2.75, 3.05) is 26.2 Å². The average molecular weight is 320 g/mol. The van der Waals surface area contributed by atoms with Gasteiger partial charge in [0.1, 0.15) is 5.82 Å². The van der Waals surface area contributed by atoms with Gasteiger partial charge in [-0.05, 0) is 45.3 Å². The lowest BCUT2D eigenvalue weighted by molar-refractivity contribution is 0.236. The fourth-order valence-corrected chi connectivity index (χ4v) is 2.99. The van der Waals surface area contributed by atoms with Crippen LogP contribution in [0.2, 0.25) is 0 Å². The smallest absolute Gasteiger partial charge is 0.191 e. The van der Waals surface area contributed by atoms with Gasteiger partial charge in [0.25, 0.3) is 0 Å². The molecule has 1 aromatic carbocycles. The van der Waals surface area contributed by atoms with Gasteiger partial charge in [0.05, 0.1) is 6.54 Å². The van der Waals surface area contributed by atoms with Gasteiger partial charge in [0.2, 0.25) is 0 Å². The molecular formula is C18H29FN4. The molecular weight excluding hydrogens is 291 g/mol. The van der Waals surface area contributed by atoms with Gasteiger partial charge in [0.15, 0.2) is 5.96 Å². The highest BCUT2D eigenvalue weighted by molar-refractivity contribution is 5.79. The fourth-order valence-electron chi connectivity index (χ4n) is 2.99. The van der Waals surface area contributed by atoms with E-state index in [9.17, 15) is 4.39 Å². The molecule has 1 atom stereocenters. The second-order valence-electron chi connectivity index (χ2n) is 5.97. The van der Waals surface area contributed by atoms with Gasteiger partial charge in [-0.1, -0.05) is 25.1 Å². The number of nitrogens with one attached hydrogen (secondary N) is 2. The van der Waals surface area contributed by atoms with Crippen LogP contribution in [0.1, 0.15) is 38.7 Å². The van der Waals surface area contributed by atoms with E-state index in [1.807, 2.05) is 13.0 Å². The maximum Gasteiger partial charge on any atom is 0.191 e. The van der Waals surface area contributed by atoms with Gasteiger partial charge in [-0.25, -0.2) is 9.38 Å². The Kier molecular flexibility index (Phi) is 7.33. The number of rotatable bonds is 7. The zero-order valence-electron chi connectivity index (χ0n) is 14.3. The van der Waals surface area contributed by atoms with E-state index in [0.29, 0.717) is 18.2 Å². The quantitative estimate of drug-likeness (QED) is 0.599. The second kappa shape index (κ2) is 9.50. The van der Waals surface area contributed by atoms with Crippen LogP contribution in [0.3, 0.4) is 0 Å². The molecule has 0 aromatic heterocycles. The van der Waals surface area contributed by atoms with Crippen molar-refractivity contribution < 1.29 is 4.39 Å². The third-order valence-electron chi connectivity index (χ3n) is 4.34. The van der Waals surface area contributed by atoms with Crippen molar-refractivity contribution in [1.29, 1.82) is 0 Å². The Hall–Kier alpha value is -1.62. The van der Waals surface area contributed by atoms with Crippen molar-refractivity contribution in [2.45, 2.75) is 45.7 Å². The Balaban J connectivity index is 1.91. The van der Waals surface area contributed by atoms with Crippen molar-refractivity contribution in [3.05, 3.63) is 35.6 Å². The molecule has 0 spiro atoms. The molecule has 128 valence electrons. The summed E-state index contributed by atoms with van der Waals surface area (Å²) in [5, 5.41) is 6.65. The molecule has 2 N–H and O–H groups in total. The normalized spacial score (nSPS) is 17.3. The Labute approximate surface area is 139 Å². The van der Waals surface area contributed by atoms with Crippen molar-refractivity contribution in [2.24, 2.45) is 4.99 Å². The minimum absolute atomic E-state index is 0.199. The van der Waals surface area contributed by atoms with Gasteiger partial charge >= 0.3 is 0 Å². The highest BCUT2D eigenvalue weighted by Crippen LogP contribution is 2.13. The molecule has 1 heterocycles. The summed E-state index contributed by atoms with van der Waals surface area (Å²) in [5.74, 6) is 0.559. The Morgan fingerprint density at radius 2 is 1.96 bits per heavy atom. The van der Waals surface area contributed by atoms with Crippen LogP contribution in [-0.4, -0.2) is 43.1 Å². The van der Waals surface area contributed by atoms with Gasteiger partial charge in [0, 0.05) is 24.7 Å². The summed E-state index contributed by atoms with van der Waals surface area (Å²) in [4.78, 5) is 7.06. The number of halogens is 1. The van der Waals surface area contributed by atoms with Crippen LogP contribution in [0.15, 0.2) is 29.3 Å². The van der Waals surface area contributed by atoms with E-state index in [2.05, 4.69) is 27.4 Å². The van der Waals surface area contributed by atoms with Crippen LogP contribution in [0, 0.1) is 5.82 Å². The zero-order chi connectivity index (χ0) is 16.5. The minimum atomic E-state index is -0.199. The molecule has 0 bridgehead atoms. The molecule has 23 heavy (non-hydrogen) atoms. The van der Waals surface area contributed by atoms with E-state index >= 15 is 0 Å². The second-order valence-corrected chi connectivity index (χ2v) is 5.97. The summed E-state index contributed by atoms with van der Waals surface area (Å²) in [6.07, 6.45) is 3.73. The van der Waals surface area contributed by atoms with Gasteiger partial charge in [-0.15, -0.1) is 0 Å². The number of guanidine groups is 1. The van der Waals surface area contributed by atoms with Gasteiger partial charge < -0.3 is 10.6 Å². The molecule has 4 nitrogen and oxygen atoms in total. The van der Waals surface area contributed by atoms with Crippen LogP contribution < -0.4 is 10.6 Å². The number of nitrogens with zero attached hydrogens (tertiary/aromatic N) is 2. The predicted octanol–water partition coefficient (Wildman–Crippen LogP) is 2.76. The number of hydrogen-bond acceptors (Lipinski definition) is 2. The van der Waals surface area contributed by atoms with Crippen molar-refractivity contribution >= 4 is 5.96 Å². The summed E-state index contributed by atoms with van der Waals surface area (Å²) < 4.78 is 13.7. The highest BCUT2D eigenvalue weighted by Gasteiger charge is 2.20. The molecule has 0 amide bonds. The molecule has 0 aliphatic carbocycles. The number of hydrogen-bond donors (Lipinski definition) is 2. The van der Waals surface area contributed by atoms with E-state index in [0.717, 1.165) is 25.5 Å². The summed E-state index contributed by atoms with van der Waals surface area (Å²) in [6, 6.07) is 7.34. The maximum absolute atomic E-state index is 13.7. The summed E-state index contributed by atoms with van der Waals surface area (Å²) in [6.45, 7) is 8.68. The van der Waals surface area contributed by atoms with E-state index in [-0.39, 0.29) is 5.82 Å². The zero-order valence-corrected chi connectivity index (χ0v) is 14.3. The molecule has 1 fully saturated rings. The third-order valence-corrected chi connectivity index (χ3v) is 4.34. The Morgan fingerprint density at radius 1 is 1.22 bits per heavy atom. The summed E-state index contributed by atoms with van der Waals surface area (Å²) in [7, 11) is 0. The van der Waals surface area contributed by atoms with Crippen LogP contribution >= 0.6 is 0 Å². The first-order valence-corrected chi connectivity index (χ1v) is 8.74.